The van der Waals surface area contributed by atoms with Crippen LogP contribution in [0.5, 0.6) is 0 Å². The van der Waals surface area contributed by atoms with Gasteiger partial charge in [-0.1, -0.05) is 6.07 Å². The minimum absolute atomic E-state index is 0.0796. The molecule has 2 aromatic rings. The monoisotopic (exact) mass is 389 g/mol. The molecule has 148 valence electrons. The number of benzene rings is 1. The van der Waals surface area contributed by atoms with Gasteiger partial charge in [0.1, 0.15) is 17.6 Å². The largest absolute Gasteiger partial charge is 0.340 e. The minimum atomic E-state index is -0.585. The van der Waals surface area contributed by atoms with Gasteiger partial charge in [-0.2, -0.15) is 5.26 Å². The van der Waals surface area contributed by atoms with E-state index in [-0.39, 0.29) is 11.8 Å². The lowest BCUT2D eigenvalue weighted by molar-refractivity contribution is -0.119. The van der Waals surface area contributed by atoms with Gasteiger partial charge in [0.25, 0.3) is 5.91 Å². The molecular weight excluding hydrogens is 366 g/mol. The molecule has 2 aliphatic heterocycles. The molecule has 1 unspecified atom stereocenters. The van der Waals surface area contributed by atoms with Crippen LogP contribution in [0.15, 0.2) is 42.5 Å². The third kappa shape index (κ3) is 4.06. The topological polar surface area (TPSA) is 89.3 Å². The third-order valence-electron chi connectivity index (χ3n) is 5.42. The van der Waals surface area contributed by atoms with Crippen molar-refractivity contribution < 1.29 is 9.59 Å². The molecule has 0 aliphatic carbocycles. The van der Waals surface area contributed by atoms with Gasteiger partial charge in [-0.15, -0.1) is 0 Å². The summed E-state index contributed by atoms with van der Waals surface area (Å²) in [6.45, 7) is 2.16. The van der Waals surface area contributed by atoms with Crippen molar-refractivity contribution in [1.29, 1.82) is 5.26 Å². The van der Waals surface area contributed by atoms with Gasteiger partial charge in [-0.25, -0.2) is 4.98 Å². The molecule has 2 saturated heterocycles. The first kappa shape index (κ1) is 18.9. The number of pyridine rings is 1. The molecular formula is C22H23N5O2. The van der Waals surface area contributed by atoms with Crippen LogP contribution >= 0.6 is 0 Å². The van der Waals surface area contributed by atoms with E-state index < -0.39 is 5.92 Å². The highest BCUT2D eigenvalue weighted by Crippen LogP contribution is 2.25. The summed E-state index contributed by atoms with van der Waals surface area (Å²) >= 11 is 0. The van der Waals surface area contributed by atoms with E-state index in [4.69, 9.17) is 5.26 Å². The Kier molecular flexibility index (Phi) is 5.43. The number of nitriles is 1. The van der Waals surface area contributed by atoms with Crippen molar-refractivity contribution in [3.63, 3.8) is 0 Å². The summed E-state index contributed by atoms with van der Waals surface area (Å²) in [5.41, 5.74) is 1.50. The SMILES string of the molecule is N#CC1CCN(c2cccc(Nc3ccc(C(=O)N4CCCCC4)cc3)n2)C1=O. The summed E-state index contributed by atoms with van der Waals surface area (Å²) in [6.07, 6.45) is 3.87. The first-order valence-corrected chi connectivity index (χ1v) is 10.00. The van der Waals surface area contributed by atoms with E-state index in [1.54, 1.807) is 11.0 Å². The standard InChI is InChI=1S/C22H23N5O2/c23-15-17-11-14-27(22(17)29)20-6-4-5-19(25-20)24-18-9-7-16(8-10-18)21(28)26-12-2-1-3-13-26/h4-10,17H,1-3,11-14H2,(H,24,25). The molecule has 0 bridgehead atoms. The molecule has 2 aliphatic rings. The second-order valence-corrected chi connectivity index (χ2v) is 7.40. The van der Waals surface area contributed by atoms with Gasteiger partial charge in [0.2, 0.25) is 5.91 Å². The maximum Gasteiger partial charge on any atom is 0.253 e. The van der Waals surface area contributed by atoms with Crippen LogP contribution in [0.3, 0.4) is 0 Å². The summed E-state index contributed by atoms with van der Waals surface area (Å²) in [5, 5.41) is 12.3. The number of piperidine rings is 1. The lowest BCUT2D eigenvalue weighted by atomic mass is 10.1. The zero-order chi connectivity index (χ0) is 20.2. The number of anilines is 3. The van der Waals surface area contributed by atoms with E-state index >= 15 is 0 Å². The maximum atomic E-state index is 12.6. The molecule has 7 nitrogen and oxygen atoms in total. The van der Waals surface area contributed by atoms with E-state index in [2.05, 4.69) is 10.3 Å². The molecule has 2 amide bonds. The van der Waals surface area contributed by atoms with E-state index in [1.165, 1.54) is 6.42 Å². The lowest BCUT2D eigenvalue weighted by Crippen LogP contribution is -2.35. The average Bonchev–Trinajstić information content (AvgIpc) is 3.15. The molecule has 3 heterocycles. The predicted molar refractivity (Wildman–Crippen MR) is 110 cm³/mol. The number of rotatable bonds is 4. The van der Waals surface area contributed by atoms with Crippen LogP contribution in [0, 0.1) is 17.2 Å². The zero-order valence-electron chi connectivity index (χ0n) is 16.2. The van der Waals surface area contributed by atoms with Crippen LogP contribution in [0.1, 0.15) is 36.0 Å². The van der Waals surface area contributed by atoms with Gasteiger partial charge in [0.05, 0.1) is 6.07 Å². The Bertz CT molecular complexity index is 944. The number of carbonyl (C=O) groups excluding carboxylic acids is 2. The van der Waals surface area contributed by atoms with Crippen LogP contribution in [0.25, 0.3) is 0 Å². The van der Waals surface area contributed by atoms with E-state index in [0.29, 0.717) is 30.2 Å². The molecule has 29 heavy (non-hydrogen) atoms. The van der Waals surface area contributed by atoms with Crippen LogP contribution in [-0.2, 0) is 4.79 Å². The van der Waals surface area contributed by atoms with Crippen LogP contribution < -0.4 is 10.2 Å². The fourth-order valence-corrected chi connectivity index (χ4v) is 3.79. The third-order valence-corrected chi connectivity index (χ3v) is 5.42. The Balaban J connectivity index is 1.44. The highest BCUT2D eigenvalue weighted by molar-refractivity contribution is 5.98. The Hall–Kier alpha value is -3.40. The first-order valence-electron chi connectivity index (χ1n) is 10.00. The second kappa shape index (κ2) is 8.31. The number of carbonyl (C=O) groups is 2. The molecule has 0 spiro atoms. The summed E-state index contributed by atoms with van der Waals surface area (Å²) in [5.74, 6) is 0.438. The Morgan fingerprint density at radius 1 is 1.07 bits per heavy atom. The van der Waals surface area contributed by atoms with Crippen LogP contribution in [0.2, 0.25) is 0 Å². The smallest absolute Gasteiger partial charge is 0.253 e. The van der Waals surface area contributed by atoms with Crippen LogP contribution in [0.4, 0.5) is 17.3 Å². The number of nitrogens with one attached hydrogen (secondary N) is 1. The molecule has 7 heteroatoms. The first-order chi connectivity index (χ1) is 14.2. The van der Waals surface area contributed by atoms with Gasteiger partial charge in [0.15, 0.2) is 0 Å². The van der Waals surface area contributed by atoms with Crippen molar-refractivity contribution in [3.8, 4) is 6.07 Å². The summed E-state index contributed by atoms with van der Waals surface area (Å²) in [4.78, 5) is 32.8. The van der Waals surface area contributed by atoms with Gasteiger partial charge in [0, 0.05) is 30.9 Å². The van der Waals surface area contributed by atoms with E-state index in [9.17, 15) is 9.59 Å². The number of amides is 2. The van der Waals surface area contributed by atoms with Crippen molar-refractivity contribution in [2.24, 2.45) is 5.92 Å². The van der Waals surface area contributed by atoms with Crippen molar-refractivity contribution in [1.82, 2.24) is 9.88 Å². The number of hydrogen-bond acceptors (Lipinski definition) is 5. The summed E-state index contributed by atoms with van der Waals surface area (Å²) < 4.78 is 0. The summed E-state index contributed by atoms with van der Waals surface area (Å²) in [7, 11) is 0. The number of hydrogen-bond donors (Lipinski definition) is 1. The zero-order valence-corrected chi connectivity index (χ0v) is 16.2. The molecule has 1 aromatic heterocycles. The van der Waals surface area contributed by atoms with Gasteiger partial charge >= 0.3 is 0 Å². The molecule has 2 fully saturated rings. The number of nitrogens with zero attached hydrogens (tertiary/aromatic N) is 4. The normalized spacial score (nSPS) is 19.1. The van der Waals surface area contributed by atoms with Crippen LogP contribution in [-0.4, -0.2) is 41.3 Å². The van der Waals surface area contributed by atoms with E-state index in [1.807, 2.05) is 47.4 Å². The molecule has 1 N–H and O–H groups in total. The van der Waals surface area contributed by atoms with Gasteiger partial charge in [-0.3, -0.25) is 14.5 Å². The van der Waals surface area contributed by atoms with E-state index in [0.717, 1.165) is 31.6 Å². The number of likely N-dealkylation sites (tertiary alicyclic amines) is 1. The maximum absolute atomic E-state index is 12.6. The Labute approximate surface area is 169 Å². The van der Waals surface area contributed by atoms with Crippen molar-refractivity contribution in [2.75, 3.05) is 29.9 Å². The fraction of sp³-hybridized carbons (Fsp3) is 0.364. The van der Waals surface area contributed by atoms with Gasteiger partial charge in [-0.05, 0) is 62.1 Å². The fourth-order valence-electron chi connectivity index (χ4n) is 3.79. The second-order valence-electron chi connectivity index (χ2n) is 7.40. The molecule has 4 rings (SSSR count). The highest BCUT2D eigenvalue weighted by Gasteiger charge is 2.33. The Morgan fingerprint density at radius 3 is 2.52 bits per heavy atom. The quantitative estimate of drug-likeness (QED) is 0.866. The summed E-state index contributed by atoms with van der Waals surface area (Å²) in [6, 6.07) is 14.8. The van der Waals surface area contributed by atoms with Crippen molar-refractivity contribution in [3.05, 3.63) is 48.0 Å². The number of aromatic nitrogens is 1. The van der Waals surface area contributed by atoms with Gasteiger partial charge < -0.3 is 10.2 Å². The van der Waals surface area contributed by atoms with Crippen molar-refractivity contribution in [2.45, 2.75) is 25.7 Å². The lowest BCUT2D eigenvalue weighted by Gasteiger charge is -2.26. The molecule has 0 saturated carbocycles. The predicted octanol–water partition coefficient (Wildman–Crippen LogP) is 3.33. The van der Waals surface area contributed by atoms with Crippen molar-refractivity contribution >= 4 is 29.1 Å². The minimum Gasteiger partial charge on any atom is -0.340 e. The molecule has 1 aromatic carbocycles. The molecule has 0 radical (unpaired) electrons. The Morgan fingerprint density at radius 2 is 1.83 bits per heavy atom. The average molecular weight is 389 g/mol. The molecule has 1 atom stereocenters. The highest BCUT2D eigenvalue weighted by atomic mass is 16.2.